The van der Waals surface area contributed by atoms with E-state index in [1.807, 2.05) is 25.9 Å². The van der Waals surface area contributed by atoms with Crippen LogP contribution in [-0.4, -0.2) is 73.1 Å². The van der Waals surface area contributed by atoms with Crippen LogP contribution in [0.5, 0.6) is 0 Å². The highest BCUT2D eigenvalue weighted by atomic mass is 32.1. The van der Waals surface area contributed by atoms with Gasteiger partial charge < -0.3 is 31.2 Å². The molecule has 0 rings (SSSR count). The molecule has 0 aliphatic carbocycles. The van der Waals surface area contributed by atoms with Gasteiger partial charge in [-0.25, -0.2) is 0 Å². The normalized spacial score (nSPS) is 16.3. The molecule has 8 nitrogen and oxygen atoms in total. The molecule has 0 aliphatic rings. The van der Waals surface area contributed by atoms with Crippen LogP contribution in [0.25, 0.3) is 0 Å². The molecular weight excluding hydrogens is 605 g/mol. The van der Waals surface area contributed by atoms with Crippen molar-refractivity contribution in [3.05, 3.63) is 35.6 Å². The number of ketones is 2. The van der Waals surface area contributed by atoms with E-state index in [0.29, 0.717) is 41.1 Å². The molecule has 0 amide bonds. The molecule has 0 radical (unpaired) electrons. The Morgan fingerprint density at radius 3 is 2.20 bits per heavy atom. The van der Waals surface area contributed by atoms with E-state index in [9.17, 15) is 9.59 Å². The zero-order chi connectivity index (χ0) is 34.7. The highest BCUT2D eigenvalue weighted by Crippen LogP contribution is 2.31. The van der Waals surface area contributed by atoms with E-state index < -0.39 is 0 Å². The summed E-state index contributed by atoms with van der Waals surface area (Å²) in [6.45, 7) is 17.8. The highest BCUT2D eigenvalue weighted by molar-refractivity contribution is 7.80. The van der Waals surface area contributed by atoms with Crippen molar-refractivity contribution in [2.45, 2.75) is 105 Å². The lowest BCUT2D eigenvalue weighted by molar-refractivity contribution is -0.116. The number of nitrogens with two attached hydrogens (primary N) is 2. The van der Waals surface area contributed by atoms with Crippen LogP contribution in [0, 0.1) is 23.7 Å². The SMILES string of the molecule is C=C(NCCN(C)C)C(=O)/C=C(/C)C(=O)CCCCC(CC)C(C)[C@@H](C)/C=C(\C)C(OC(N)=S)C(CCCC(C)C(N)=S)OC. The molecule has 5 unspecified atom stereocenters. The van der Waals surface area contributed by atoms with Gasteiger partial charge >= 0.3 is 0 Å². The maximum absolute atomic E-state index is 12.7. The summed E-state index contributed by atoms with van der Waals surface area (Å²) in [5, 5.41) is 3.02. The second-order valence-electron chi connectivity index (χ2n) is 12.7. The van der Waals surface area contributed by atoms with Crippen molar-refractivity contribution < 1.29 is 19.1 Å². The number of ether oxygens (including phenoxy) is 2. The van der Waals surface area contributed by atoms with Crippen LogP contribution >= 0.6 is 24.4 Å². The molecular formula is C35H62N4O4S2. The number of thiocarbonyl (C=S) groups is 2. The summed E-state index contributed by atoms with van der Waals surface area (Å²) in [6.07, 6.45) is 9.90. The quantitative estimate of drug-likeness (QED) is 0.0445. The summed E-state index contributed by atoms with van der Waals surface area (Å²) in [6, 6.07) is 0. The number of allylic oxidation sites excluding steroid dienone is 3. The maximum Gasteiger partial charge on any atom is 0.254 e. The van der Waals surface area contributed by atoms with Crippen molar-refractivity contribution >= 4 is 46.2 Å². The topological polar surface area (TPSA) is 120 Å². The van der Waals surface area contributed by atoms with E-state index in [2.05, 4.69) is 45.7 Å². The van der Waals surface area contributed by atoms with Crippen molar-refractivity contribution in [1.29, 1.82) is 0 Å². The van der Waals surface area contributed by atoms with Crippen LogP contribution in [0.2, 0.25) is 0 Å². The fourth-order valence-electron chi connectivity index (χ4n) is 5.45. The second kappa shape index (κ2) is 23.2. The number of methoxy groups -OCH3 is 1. The molecule has 0 saturated carbocycles. The standard InChI is InChI=1S/C35H62N4O4S2/c1-11-29(16-12-13-17-30(40)25(4)22-31(41)28(7)38-19-20-39(8)9)27(6)24(3)21-26(5)33(43-35(37)45)32(42-10)18-14-15-23(2)34(36)44/h21-24,27,29,32-33,38H,7,11-20H2,1-6,8-10H3,(H2,36,44)(H2,37,45)/b25-22-,26-21+/t23?,24-,27?,29?,32?,33?/m0/s1. The third-order valence-electron chi connectivity index (χ3n) is 8.78. The van der Waals surface area contributed by atoms with E-state index in [4.69, 9.17) is 45.4 Å². The number of carbonyl (C=O) groups excluding carboxylic acids is 2. The smallest absolute Gasteiger partial charge is 0.254 e. The third kappa shape index (κ3) is 18.0. The van der Waals surface area contributed by atoms with Gasteiger partial charge in [-0.05, 0) is 94.4 Å². The van der Waals surface area contributed by atoms with E-state index in [1.165, 1.54) is 6.08 Å². The number of nitrogens with zero attached hydrogens (tertiary/aromatic N) is 1. The number of carbonyl (C=O) groups is 2. The Morgan fingerprint density at radius 1 is 1.02 bits per heavy atom. The average molecular weight is 667 g/mol. The molecule has 0 fully saturated rings. The van der Waals surface area contributed by atoms with Gasteiger partial charge in [0.2, 0.25) is 5.78 Å². The van der Waals surface area contributed by atoms with Crippen LogP contribution in [0.15, 0.2) is 35.6 Å². The molecule has 258 valence electrons. The average Bonchev–Trinajstić information content (AvgIpc) is 2.97. The molecule has 45 heavy (non-hydrogen) atoms. The first-order valence-electron chi connectivity index (χ1n) is 16.3. The first-order chi connectivity index (χ1) is 21.0. The third-order valence-corrected chi connectivity index (χ3v) is 9.28. The predicted octanol–water partition coefficient (Wildman–Crippen LogP) is 6.28. The van der Waals surface area contributed by atoms with Crippen LogP contribution in [0.1, 0.15) is 92.9 Å². The van der Waals surface area contributed by atoms with Crippen molar-refractivity contribution in [3.8, 4) is 0 Å². The fraction of sp³-hybridized carbons (Fsp3) is 0.714. The summed E-state index contributed by atoms with van der Waals surface area (Å²) < 4.78 is 11.8. The summed E-state index contributed by atoms with van der Waals surface area (Å²) in [5.41, 5.74) is 13.4. The molecule has 0 aromatic rings. The monoisotopic (exact) mass is 666 g/mol. The van der Waals surface area contributed by atoms with E-state index in [0.717, 1.165) is 57.1 Å². The van der Waals surface area contributed by atoms with E-state index >= 15 is 0 Å². The maximum atomic E-state index is 12.7. The molecule has 6 atom stereocenters. The lowest BCUT2D eigenvalue weighted by Crippen LogP contribution is -2.36. The summed E-state index contributed by atoms with van der Waals surface area (Å²) in [4.78, 5) is 27.6. The molecule has 10 heteroatoms. The van der Waals surface area contributed by atoms with E-state index in [1.54, 1.807) is 14.0 Å². The van der Waals surface area contributed by atoms with Gasteiger partial charge in [0.25, 0.3) is 5.17 Å². The van der Waals surface area contributed by atoms with Gasteiger partial charge in [-0.3, -0.25) is 9.59 Å². The first kappa shape index (κ1) is 42.9. The minimum atomic E-state index is -0.373. The Bertz CT molecular complexity index is 1030. The van der Waals surface area contributed by atoms with Crippen LogP contribution in [0.4, 0.5) is 0 Å². The fourth-order valence-corrected chi connectivity index (χ4v) is 5.67. The molecule has 0 spiro atoms. The van der Waals surface area contributed by atoms with Crippen molar-refractivity contribution in [2.75, 3.05) is 34.3 Å². The van der Waals surface area contributed by atoms with E-state index in [-0.39, 0.29) is 40.8 Å². The van der Waals surface area contributed by atoms with Gasteiger partial charge in [0.15, 0.2) is 5.78 Å². The lowest BCUT2D eigenvalue weighted by atomic mass is 9.78. The largest absolute Gasteiger partial charge is 0.461 e. The van der Waals surface area contributed by atoms with Crippen molar-refractivity contribution in [2.24, 2.45) is 35.1 Å². The summed E-state index contributed by atoms with van der Waals surface area (Å²) >= 11 is 10.2. The minimum Gasteiger partial charge on any atom is -0.461 e. The van der Waals surface area contributed by atoms with Crippen LogP contribution in [0.3, 0.4) is 0 Å². The first-order valence-corrected chi connectivity index (χ1v) is 17.2. The molecule has 0 saturated heterocycles. The Morgan fingerprint density at radius 2 is 1.67 bits per heavy atom. The number of likely N-dealkylation sites (N-methyl/N-ethyl adjacent to an activating group) is 1. The van der Waals surface area contributed by atoms with Gasteiger partial charge in [-0.2, -0.15) is 0 Å². The number of hydrogen-bond acceptors (Lipinski definition) is 8. The zero-order valence-corrected chi connectivity index (χ0v) is 31.1. The Balaban J connectivity index is 5.14. The molecule has 0 aromatic heterocycles. The van der Waals surface area contributed by atoms with Gasteiger partial charge in [0, 0.05) is 32.5 Å². The zero-order valence-electron chi connectivity index (χ0n) is 29.4. The Labute approximate surface area is 284 Å². The Kier molecular flexibility index (Phi) is 22.1. The second-order valence-corrected chi connectivity index (χ2v) is 13.6. The number of rotatable bonds is 25. The van der Waals surface area contributed by atoms with Gasteiger partial charge in [0.1, 0.15) is 6.10 Å². The highest BCUT2D eigenvalue weighted by Gasteiger charge is 2.27. The van der Waals surface area contributed by atoms with Crippen LogP contribution in [-0.2, 0) is 19.1 Å². The number of hydrogen-bond donors (Lipinski definition) is 3. The molecule has 0 bridgehead atoms. The summed E-state index contributed by atoms with van der Waals surface area (Å²) in [7, 11) is 5.61. The molecule has 5 N–H and O–H groups in total. The molecule has 0 heterocycles. The van der Waals surface area contributed by atoms with Crippen molar-refractivity contribution in [1.82, 2.24) is 10.2 Å². The van der Waals surface area contributed by atoms with Gasteiger partial charge in [-0.1, -0.05) is 78.3 Å². The minimum absolute atomic E-state index is 0.00374. The molecule has 0 aromatic carbocycles. The van der Waals surface area contributed by atoms with Gasteiger partial charge in [0.05, 0.1) is 16.8 Å². The molecule has 0 aliphatic heterocycles. The van der Waals surface area contributed by atoms with Crippen molar-refractivity contribution in [3.63, 3.8) is 0 Å². The number of nitrogens with one attached hydrogen (secondary N) is 1. The van der Waals surface area contributed by atoms with Crippen LogP contribution < -0.4 is 16.8 Å². The van der Waals surface area contributed by atoms with Gasteiger partial charge in [-0.15, -0.1) is 0 Å². The predicted molar refractivity (Wildman–Crippen MR) is 196 cm³/mol. The number of unbranched alkanes of at least 4 members (excludes halogenated alkanes) is 1. The number of Topliss-reactive ketones (excluding diaryl/α,β-unsaturated/α-hetero) is 1. The summed E-state index contributed by atoms with van der Waals surface area (Å²) in [5.74, 6) is 1.14. The lowest BCUT2D eigenvalue weighted by Gasteiger charge is -2.30. The Hall–Kier alpha value is -2.14.